The summed E-state index contributed by atoms with van der Waals surface area (Å²) in [5.41, 5.74) is 2.44. The Morgan fingerprint density at radius 2 is 1.29 bits per heavy atom. The maximum Gasteiger partial charge on any atom is 0.500 e. The molecule has 10 heteroatoms. The van der Waals surface area contributed by atoms with Gasteiger partial charge in [-0.05, 0) is 77.1 Å². The molecule has 2 amide bonds. The van der Waals surface area contributed by atoms with Crippen LogP contribution in [-0.2, 0) is 36.0 Å². The fourth-order valence-corrected chi connectivity index (χ4v) is 9.30. The summed E-state index contributed by atoms with van der Waals surface area (Å²) in [6.07, 6.45) is 4.43. The van der Waals surface area contributed by atoms with E-state index in [1.165, 1.54) is 11.1 Å². The van der Waals surface area contributed by atoms with Crippen LogP contribution in [0, 0.1) is 0 Å². The molecule has 2 aromatic rings. The van der Waals surface area contributed by atoms with E-state index in [0.29, 0.717) is 51.9 Å². The lowest BCUT2D eigenvalue weighted by atomic mass is 10.1. The number of hydrogen-bond donors (Lipinski definition) is 1. The Bertz CT molecular complexity index is 1140. The minimum absolute atomic E-state index is 0.0536. The predicted octanol–water partition coefficient (Wildman–Crippen LogP) is 4.70. The van der Waals surface area contributed by atoms with Gasteiger partial charge in [-0.1, -0.05) is 60.7 Å². The molecule has 45 heavy (non-hydrogen) atoms. The van der Waals surface area contributed by atoms with Gasteiger partial charge in [-0.25, -0.2) is 0 Å². The van der Waals surface area contributed by atoms with E-state index in [4.69, 9.17) is 13.3 Å². The molecule has 1 N–H and O–H groups in total. The van der Waals surface area contributed by atoms with Gasteiger partial charge in [-0.15, -0.1) is 0 Å². The molecule has 2 aromatic carbocycles. The van der Waals surface area contributed by atoms with E-state index in [1.54, 1.807) is 0 Å². The third kappa shape index (κ3) is 10.5. The van der Waals surface area contributed by atoms with Crippen LogP contribution in [0.3, 0.4) is 0 Å². The summed E-state index contributed by atoms with van der Waals surface area (Å²) in [5.74, 6) is 0.193. The second-order valence-electron chi connectivity index (χ2n) is 11.9. The molecule has 0 unspecified atom stereocenters. The number of amides is 2. The van der Waals surface area contributed by atoms with Gasteiger partial charge in [0.1, 0.15) is 0 Å². The van der Waals surface area contributed by atoms with E-state index >= 15 is 0 Å². The minimum atomic E-state index is -2.82. The monoisotopic (exact) mass is 638 g/mol. The summed E-state index contributed by atoms with van der Waals surface area (Å²) < 4.78 is 18.2. The Hall–Kier alpha value is -2.60. The Labute approximate surface area is 271 Å². The van der Waals surface area contributed by atoms with E-state index in [2.05, 4.69) is 39.4 Å². The van der Waals surface area contributed by atoms with Crippen LogP contribution in [0.25, 0.3) is 0 Å². The quantitative estimate of drug-likeness (QED) is 0.224. The Morgan fingerprint density at radius 3 is 1.82 bits per heavy atom. The number of benzene rings is 2. The van der Waals surface area contributed by atoms with Gasteiger partial charge in [-0.2, -0.15) is 0 Å². The second kappa shape index (κ2) is 18.5. The molecule has 2 saturated heterocycles. The molecule has 0 aliphatic carbocycles. The van der Waals surface area contributed by atoms with Crippen molar-refractivity contribution >= 4 is 20.6 Å². The lowest BCUT2D eigenvalue weighted by Gasteiger charge is -2.32. The number of nitrogens with zero attached hydrogens (tertiary/aromatic N) is 3. The molecule has 2 heterocycles. The van der Waals surface area contributed by atoms with Crippen molar-refractivity contribution in [3.8, 4) is 0 Å². The number of nitrogens with one attached hydrogen (secondary N) is 1. The highest BCUT2D eigenvalue weighted by molar-refractivity contribution is 6.60. The van der Waals surface area contributed by atoms with Crippen LogP contribution >= 0.6 is 0 Å². The first-order chi connectivity index (χ1) is 22.0. The summed E-state index contributed by atoms with van der Waals surface area (Å²) in [7, 11) is -2.82. The zero-order valence-corrected chi connectivity index (χ0v) is 28.6. The molecule has 0 spiro atoms. The van der Waals surface area contributed by atoms with Gasteiger partial charge < -0.3 is 23.5 Å². The molecular weight excluding hydrogens is 584 g/mol. The molecule has 2 aliphatic rings. The third-order valence-corrected chi connectivity index (χ3v) is 11.9. The minimum Gasteiger partial charge on any atom is -0.374 e. The van der Waals surface area contributed by atoms with Crippen molar-refractivity contribution in [2.24, 2.45) is 0 Å². The second-order valence-corrected chi connectivity index (χ2v) is 14.7. The number of carbonyl (C=O) groups excluding carboxylic acids is 2. The largest absolute Gasteiger partial charge is 0.500 e. The van der Waals surface area contributed by atoms with Gasteiger partial charge in [-0.3, -0.25) is 19.4 Å². The van der Waals surface area contributed by atoms with E-state index < -0.39 is 8.80 Å². The van der Waals surface area contributed by atoms with Crippen molar-refractivity contribution in [3.05, 3.63) is 71.8 Å². The average molecular weight is 639 g/mol. The van der Waals surface area contributed by atoms with Crippen molar-refractivity contribution in [1.82, 2.24) is 20.0 Å². The normalized spacial score (nSPS) is 19.2. The Morgan fingerprint density at radius 1 is 0.778 bits per heavy atom. The third-order valence-electron chi connectivity index (χ3n) is 8.77. The van der Waals surface area contributed by atoms with E-state index in [1.807, 2.05) is 62.1 Å². The van der Waals surface area contributed by atoms with Gasteiger partial charge in [0.05, 0.1) is 12.1 Å². The highest BCUT2D eigenvalue weighted by Gasteiger charge is 2.40. The van der Waals surface area contributed by atoms with Crippen molar-refractivity contribution in [3.63, 3.8) is 0 Å². The van der Waals surface area contributed by atoms with Crippen LogP contribution in [0.1, 0.15) is 64.0 Å². The highest BCUT2D eigenvalue weighted by Crippen LogP contribution is 2.24. The van der Waals surface area contributed by atoms with Crippen molar-refractivity contribution < 1.29 is 22.9 Å². The molecule has 2 atom stereocenters. The molecule has 0 bridgehead atoms. The standard InChI is InChI=1S/C35H54N4O5Si/c1-4-42-45(43-5-2,44-6-3)27-15-25-37(35(41)33-21-14-24-39(33)29-31-18-11-8-12-19-31)26-22-36-34(40)32-20-13-23-38(32)28-30-16-9-7-10-17-30/h7-12,16-19,32-33H,4-6,13-15,20-29H2,1-3H3,(H,36,40)/t32-,33-/m0/s1. The predicted molar refractivity (Wildman–Crippen MR) is 179 cm³/mol. The van der Waals surface area contributed by atoms with Crippen LogP contribution in [0.2, 0.25) is 6.04 Å². The van der Waals surface area contributed by atoms with Gasteiger partial charge in [0.25, 0.3) is 0 Å². The summed E-state index contributed by atoms with van der Waals surface area (Å²) in [6.45, 7) is 12.3. The van der Waals surface area contributed by atoms with E-state index in [0.717, 1.165) is 51.9 Å². The van der Waals surface area contributed by atoms with Crippen LogP contribution < -0.4 is 5.32 Å². The number of hydrogen-bond acceptors (Lipinski definition) is 7. The Balaban J connectivity index is 1.39. The lowest BCUT2D eigenvalue weighted by Crippen LogP contribution is -2.50. The van der Waals surface area contributed by atoms with Crippen molar-refractivity contribution in [1.29, 1.82) is 0 Å². The molecule has 2 aliphatic heterocycles. The van der Waals surface area contributed by atoms with Gasteiger partial charge >= 0.3 is 8.80 Å². The molecule has 248 valence electrons. The SMILES string of the molecule is CCO[Si](CCCN(CCNC(=O)[C@@H]1CCCN1Cc1ccccc1)C(=O)[C@@H]1CCCN1Cc1ccccc1)(OCC)OCC. The van der Waals surface area contributed by atoms with Gasteiger partial charge in [0, 0.05) is 58.6 Å². The summed E-state index contributed by atoms with van der Waals surface area (Å²) in [6, 6.07) is 21.0. The molecular formula is C35H54N4O5Si. The molecule has 0 aromatic heterocycles. The van der Waals surface area contributed by atoms with Crippen LogP contribution in [0.5, 0.6) is 0 Å². The summed E-state index contributed by atoms with van der Waals surface area (Å²) in [5, 5.41) is 3.18. The number of rotatable bonds is 19. The van der Waals surface area contributed by atoms with Gasteiger partial charge in [0.15, 0.2) is 0 Å². The number of carbonyl (C=O) groups is 2. The molecule has 0 radical (unpaired) electrons. The topological polar surface area (TPSA) is 83.6 Å². The van der Waals surface area contributed by atoms with Crippen molar-refractivity contribution in [2.45, 2.75) is 84.1 Å². The molecule has 9 nitrogen and oxygen atoms in total. The maximum absolute atomic E-state index is 14.1. The number of likely N-dealkylation sites (tertiary alicyclic amines) is 2. The zero-order valence-electron chi connectivity index (χ0n) is 27.6. The summed E-state index contributed by atoms with van der Waals surface area (Å²) in [4.78, 5) is 34.0. The molecule has 4 rings (SSSR count). The first-order valence-electron chi connectivity index (χ1n) is 17.0. The van der Waals surface area contributed by atoms with Gasteiger partial charge in [0.2, 0.25) is 11.8 Å². The summed E-state index contributed by atoms with van der Waals surface area (Å²) >= 11 is 0. The first kappa shape index (κ1) is 35.3. The fourth-order valence-electron chi connectivity index (χ4n) is 6.71. The first-order valence-corrected chi connectivity index (χ1v) is 19.0. The van der Waals surface area contributed by atoms with Crippen LogP contribution in [0.15, 0.2) is 60.7 Å². The van der Waals surface area contributed by atoms with Crippen molar-refractivity contribution in [2.75, 3.05) is 52.5 Å². The lowest BCUT2D eigenvalue weighted by molar-refractivity contribution is -0.136. The van der Waals surface area contributed by atoms with Crippen LogP contribution in [-0.4, -0.2) is 99.9 Å². The van der Waals surface area contributed by atoms with E-state index in [9.17, 15) is 9.59 Å². The molecule has 0 saturated carbocycles. The fraction of sp³-hybridized carbons (Fsp3) is 0.600. The van der Waals surface area contributed by atoms with E-state index in [-0.39, 0.29) is 23.9 Å². The molecule has 2 fully saturated rings. The highest BCUT2D eigenvalue weighted by atomic mass is 28.4. The average Bonchev–Trinajstić information content (AvgIpc) is 3.71. The Kier molecular flexibility index (Phi) is 14.5. The maximum atomic E-state index is 14.1. The zero-order chi connectivity index (χ0) is 31.9. The van der Waals surface area contributed by atoms with Crippen LogP contribution in [0.4, 0.5) is 0 Å². The smallest absolute Gasteiger partial charge is 0.374 e.